The van der Waals surface area contributed by atoms with Gasteiger partial charge < -0.3 is 5.11 Å². The van der Waals surface area contributed by atoms with Crippen LogP contribution in [0.15, 0.2) is 58.6 Å². The van der Waals surface area contributed by atoms with Crippen molar-refractivity contribution in [1.29, 1.82) is 0 Å². The molecule has 3 aliphatic carbocycles. The lowest BCUT2D eigenvalue weighted by molar-refractivity contribution is -0.143. The number of carbonyl (C=O) groups is 4. The highest BCUT2D eigenvalue weighted by Crippen LogP contribution is 2.66. The molecule has 2 aliphatic heterocycles. The van der Waals surface area contributed by atoms with Gasteiger partial charge in [-0.1, -0.05) is 46.8 Å². The van der Waals surface area contributed by atoms with E-state index in [-0.39, 0.29) is 47.7 Å². The Morgan fingerprint density at radius 3 is 2.30 bits per heavy atom. The van der Waals surface area contributed by atoms with Crippen molar-refractivity contribution >= 4 is 68.4 Å². The minimum atomic E-state index is -2.10. The molecule has 11 heteroatoms. The third kappa shape index (κ3) is 3.96. The van der Waals surface area contributed by atoms with E-state index >= 15 is 0 Å². The zero-order chi connectivity index (χ0) is 30.4. The fourth-order valence-corrected chi connectivity index (χ4v) is 9.53. The number of nitrogens with zero attached hydrogens (tertiary/aromatic N) is 2. The summed E-state index contributed by atoms with van der Waals surface area (Å²) in [5.74, 6) is -5.93. The first-order chi connectivity index (χ1) is 20.5. The van der Waals surface area contributed by atoms with Gasteiger partial charge >= 0.3 is 0 Å². The molecule has 2 saturated heterocycles. The number of imide groups is 2. The zero-order valence-corrected chi connectivity index (χ0v) is 26.0. The molecule has 2 saturated carbocycles. The summed E-state index contributed by atoms with van der Waals surface area (Å²) in [5.41, 5.74) is 0.981. The van der Waals surface area contributed by atoms with Gasteiger partial charge in [-0.15, -0.1) is 23.2 Å². The topological polar surface area (TPSA) is 95.0 Å². The van der Waals surface area contributed by atoms with Crippen LogP contribution in [0.3, 0.4) is 0 Å². The van der Waals surface area contributed by atoms with Crippen molar-refractivity contribution in [3.05, 3.63) is 70.0 Å². The largest absolute Gasteiger partial charge is 0.508 e. The number of allylic oxidation sites excluding steroid dienone is 2. The summed E-state index contributed by atoms with van der Waals surface area (Å²) in [7, 11) is 0. The highest BCUT2D eigenvalue weighted by molar-refractivity contribution is 9.10. The van der Waals surface area contributed by atoms with Gasteiger partial charge in [0.25, 0.3) is 11.8 Å². The lowest BCUT2D eigenvalue weighted by atomic mass is 9.56. The molecule has 0 radical (unpaired) electrons. The lowest BCUT2D eigenvalue weighted by Crippen LogP contribution is -2.60. The van der Waals surface area contributed by atoms with Gasteiger partial charge in [0.15, 0.2) is 9.75 Å². The van der Waals surface area contributed by atoms with E-state index in [1.54, 1.807) is 12.1 Å². The second-order valence-electron chi connectivity index (χ2n) is 12.3. The number of benzene rings is 2. The van der Waals surface area contributed by atoms with Crippen molar-refractivity contribution in [3.63, 3.8) is 0 Å². The van der Waals surface area contributed by atoms with Crippen LogP contribution in [-0.4, -0.2) is 49.4 Å². The minimum absolute atomic E-state index is 0.105. The number of anilines is 1. The van der Waals surface area contributed by atoms with Gasteiger partial charge in [-0.2, -0.15) is 0 Å². The van der Waals surface area contributed by atoms with Crippen molar-refractivity contribution in [2.75, 3.05) is 4.90 Å². The number of phenolic OH excluding ortho intramolecular Hbond substituents is 1. The van der Waals surface area contributed by atoms with Crippen molar-refractivity contribution in [2.24, 2.45) is 17.8 Å². The molecule has 224 valence electrons. The van der Waals surface area contributed by atoms with Gasteiger partial charge in [0, 0.05) is 22.0 Å². The first-order valence-electron chi connectivity index (χ1n) is 14.6. The van der Waals surface area contributed by atoms with Crippen LogP contribution < -0.4 is 4.90 Å². The molecule has 2 aromatic carbocycles. The third-order valence-corrected chi connectivity index (χ3v) is 12.1. The number of likely N-dealkylation sites (tertiary alicyclic amines) is 1. The summed E-state index contributed by atoms with van der Waals surface area (Å²) in [6, 6.07) is 9.44. The predicted molar refractivity (Wildman–Crippen MR) is 161 cm³/mol. The average Bonchev–Trinajstić information content (AvgIpc) is 3.33. The molecular formula is C32H28BrCl2FN2O5. The molecule has 0 bridgehead atoms. The number of carbonyl (C=O) groups excluding carboxylic acids is 4. The van der Waals surface area contributed by atoms with E-state index in [4.69, 9.17) is 23.2 Å². The molecule has 6 atom stereocenters. The Bertz CT molecular complexity index is 1610. The molecule has 2 heterocycles. The number of fused-ring (bicyclic) bond motifs is 4. The molecular weight excluding hydrogens is 662 g/mol. The normalized spacial score (nSPS) is 34.3. The van der Waals surface area contributed by atoms with Gasteiger partial charge in [-0.3, -0.25) is 24.1 Å². The second kappa shape index (κ2) is 10.1. The second-order valence-corrected chi connectivity index (χ2v) is 14.4. The fourth-order valence-electron chi connectivity index (χ4n) is 8.22. The Labute approximate surface area is 266 Å². The van der Waals surface area contributed by atoms with E-state index in [0.29, 0.717) is 10.0 Å². The molecule has 0 spiro atoms. The summed E-state index contributed by atoms with van der Waals surface area (Å²) in [5, 5.41) is 11.1. The number of phenols is 1. The van der Waals surface area contributed by atoms with Crippen LogP contribution >= 0.6 is 39.1 Å². The summed E-state index contributed by atoms with van der Waals surface area (Å²) in [4.78, 5) is 54.7. The fraction of sp³-hybridized carbons (Fsp3) is 0.438. The number of rotatable bonds is 3. The van der Waals surface area contributed by atoms with Crippen molar-refractivity contribution < 1.29 is 28.7 Å². The monoisotopic (exact) mass is 688 g/mol. The smallest absolute Gasteiger partial charge is 0.258 e. The Kier molecular flexibility index (Phi) is 6.84. The molecule has 43 heavy (non-hydrogen) atoms. The lowest BCUT2D eigenvalue weighted by Gasteiger charge is -2.50. The Morgan fingerprint density at radius 2 is 1.60 bits per heavy atom. The first kappa shape index (κ1) is 29.0. The van der Waals surface area contributed by atoms with E-state index in [1.165, 1.54) is 23.1 Å². The van der Waals surface area contributed by atoms with Crippen LogP contribution in [0.25, 0.3) is 0 Å². The number of alkyl halides is 2. The molecule has 7 rings (SSSR count). The molecule has 1 N–H and O–H groups in total. The Hall–Kier alpha value is -2.75. The number of aromatic hydroxyl groups is 1. The number of hydrogen-bond donors (Lipinski definition) is 1. The number of amides is 4. The standard InChI is InChI=1S/C32H28BrCl2FN2O5/c33-16-6-13-24(39)22(14-16)26-20-11-12-21-25(28(41)37(27(21)40)18-4-2-1-3-5-18)23(20)15-31(34)29(42)38(30(43)32(26,31)35)19-9-7-17(36)8-10-19/h6-11,13-14,18,21,23,25-26,39H,1-5,12,15H2/t21-,23+,25-,26+,31+,32-/m0/s1. The quantitative estimate of drug-likeness (QED) is 0.236. The third-order valence-electron chi connectivity index (χ3n) is 10.2. The van der Waals surface area contributed by atoms with Gasteiger partial charge in [0.05, 0.1) is 17.5 Å². The molecule has 5 aliphatic rings. The van der Waals surface area contributed by atoms with Crippen LogP contribution in [0, 0.1) is 23.6 Å². The predicted octanol–water partition coefficient (Wildman–Crippen LogP) is 6.19. The Balaban J connectivity index is 1.39. The number of hydrogen-bond acceptors (Lipinski definition) is 5. The van der Waals surface area contributed by atoms with Crippen molar-refractivity contribution in [2.45, 2.75) is 66.7 Å². The van der Waals surface area contributed by atoms with Crippen LogP contribution in [-0.2, 0) is 19.2 Å². The van der Waals surface area contributed by atoms with E-state index in [0.717, 1.165) is 49.1 Å². The minimum Gasteiger partial charge on any atom is -0.508 e. The Morgan fingerprint density at radius 1 is 0.907 bits per heavy atom. The summed E-state index contributed by atoms with van der Waals surface area (Å²) < 4.78 is 14.4. The van der Waals surface area contributed by atoms with Crippen LogP contribution in [0.1, 0.15) is 56.4 Å². The molecule has 0 aromatic heterocycles. The van der Waals surface area contributed by atoms with Crippen molar-refractivity contribution in [1.82, 2.24) is 4.90 Å². The average molecular weight is 690 g/mol. The van der Waals surface area contributed by atoms with Gasteiger partial charge in [0.1, 0.15) is 11.6 Å². The zero-order valence-electron chi connectivity index (χ0n) is 22.9. The molecule has 7 nitrogen and oxygen atoms in total. The summed E-state index contributed by atoms with van der Waals surface area (Å²) in [6.07, 6.45) is 6.45. The van der Waals surface area contributed by atoms with Crippen molar-refractivity contribution in [3.8, 4) is 5.75 Å². The number of halogens is 4. The van der Waals surface area contributed by atoms with Crippen LogP contribution in [0.2, 0.25) is 0 Å². The molecule has 2 aromatic rings. The maximum atomic E-state index is 14.4. The van der Waals surface area contributed by atoms with Gasteiger partial charge in [-0.05, 0) is 74.1 Å². The van der Waals surface area contributed by atoms with Gasteiger partial charge in [0.2, 0.25) is 11.8 Å². The van der Waals surface area contributed by atoms with Gasteiger partial charge in [-0.25, -0.2) is 9.29 Å². The molecule has 4 fully saturated rings. The van der Waals surface area contributed by atoms with Crippen LogP contribution in [0.4, 0.5) is 10.1 Å². The highest BCUT2D eigenvalue weighted by Gasteiger charge is 2.77. The summed E-state index contributed by atoms with van der Waals surface area (Å²) >= 11 is 18.1. The maximum Gasteiger partial charge on any atom is 0.258 e. The first-order valence-corrected chi connectivity index (χ1v) is 16.1. The van der Waals surface area contributed by atoms with E-state index in [2.05, 4.69) is 15.9 Å². The maximum absolute atomic E-state index is 14.4. The van der Waals surface area contributed by atoms with E-state index in [1.807, 2.05) is 6.08 Å². The van der Waals surface area contributed by atoms with E-state index < -0.39 is 51.1 Å². The molecule has 0 unspecified atom stereocenters. The highest BCUT2D eigenvalue weighted by atomic mass is 79.9. The van der Waals surface area contributed by atoms with E-state index in [9.17, 15) is 28.7 Å². The molecule has 4 amide bonds. The summed E-state index contributed by atoms with van der Waals surface area (Å²) in [6.45, 7) is 0. The SMILES string of the molecule is O=C1[C@H]2[C@H](CC=C3[C@H]2C[C@@]2(Cl)C(=O)N(c4ccc(F)cc4)C(=O)[C@@]2(Cl)[C@H]3c2cc(Br)ccc2O)C(=O)N1C1CCCCC1. The van der Waals surface area contributed by atoms with Crippen LogP contribution in [0.5, 0.6) is 5.75 Å².